The molecule has 0 aromatic rings. The molecule has 0 aromatic carbocycles. The van der Waals surface area contributed by atoms with Crippen molar-refractivity contribution >= 4 is 0 Å². The Labute approximate surface area is 68.0 Å². The molecule has 1 heterocycles. The van der Waals surface area contributed by atoms with E-state index in [9.17, 15) is 0 Å². The van der Waals surface area contributed by atoms with Gasteiger partial charge in [0, 0.05) is 25.2 Å². The molecule has 11 heavy (non-hydrogen) atoms. The Morgan fingerprint density at radius 2 is 2.36 bits per heavy atom. The molecule has 0 unspecified atom stereocenters. The van der Waals surface area contributed by atoms with Gasteiger partial charge in [0.05, 0.1) is 12.6 Å². The van der Waals surface area contributed by atoms with Crippen LogP contribution in [0.4, 0.5) is 0 Å². The van der Waals surface area contributed by atoms with Crippen molar-refractivity contribution in [2.45, 2.75) is 19.4 Å². The predicted molar refractivity (Wildman–Crippen MR) is 44.1 cm³/mol. The van der Waals surface area contributed by atoms with E-state index in [0.717, 1.165) is 19.6 Å². The second kappa shape index (κ2) is 3.21. The maximum atomic E-state index is 8.54. The summed E-state index contributed by atoms with van der Waals surface area (Å²) >= 11 is 0. The molecule has 1 N–H and O–H groups in total. The maximum absolute atomic E-state index is 8.54. The van der Waals surface area contributed by atoms with Gasteiger partial charge in [-0.2, -0.15) is 5.26 Å². The lowest BCUT2D eigenvalue weighted by Crippen LogP contribution is -2.57. The van der Waals surface area contributed by atoms with Gasteiger partial charge in [0.1, 0.15) is 0 Å². The Morgan fingerprint density at radius 3 is 2.91 bits per heavy atom. The predicted octanol–water partition coefficient (Wildman–Crippen LogP) is 0.194. The molecule has 0 saturated carbocycles. The van der Waals surface area contributed by atoms with Crippen molar-refractivity contribution in [3.05, 3.63) is 0 Å². The molecule has 1 aliphatic rings. The number of nitrogens with zero attached hydrogens (tertiary/aromatic N) is 2. The highest BCUT2D eigenvalue weighted by atomic mass is 15.2. The van der Waals surface area contributed by atoms with Crippen molar-refractivity contribution in [3.63, 3.8) is 0 Å². The van der Waals surface area contributed by atoms with Gasteiger partial charge in [0.15, 0.2) is 0 Å². The van der Waals surface area contributed by atoms with Crippen molar-refractivity contribution < 1.29 is 0 Å². The van der Waals surface area contributed by atoms with Crippen LogP contribution in [-0.2, 0) is 0 Å². The van der Waals surface area contributed by atoms with E-state index in [2.05, 4.69) is 30.1 Å². The number of piperazine rings is 1. The monoisotopic (exact) mass is 153 g/mol. The lowest BCUT2D eigenvalue weighted by atomic mass is 10.0. The summed E-state index contributed by atoms with van der Waals surface area (Å²) < 4.78 is 0. The second-order valence-corrected chi connectivity index (χ2v) is 3.57. The summed E-state index contributed by atoms with van der Waals surface area (Å²) in [5.41, 5.74) is 0.147. The highest BCUT2D eigenvalue weighted by Crippen LogP contribution is 2.14. The molecule has 0 radical (unpaired) electrons. The Morgan fingerprint density at radius 1 is 1.64 bits per heavy atom. The smallest absolute Gasteiger partial charge is 0.0871 e. The van der Waals surface area contributed by atoms with Crippen LogP contribution in [0.25, 0.3) is 0 Å². The molecule has 1 rings (SSSR count). The number of nitrogens with one attached hydrogen (secondary N) is 1. The van der Waals surface area contributed by atoms with Gasteiger partial charge in [-0.1, -0.05) is 0 Å². The Kier molecular flexibility index (Phi) is 2.48. The molecule has 3 heteroatoms. The number of hydrogen-bond acceptors (Lipinski definition) is 3. The zero-order valence-electron chi connectivity index (χ0n) is 7.22. The Bertz CT molecular complexity index is 169. The lowest BCUT2D eigenvalue weighted by molar-refractivity contribution is 0.107. The topological polar surface area (TPSA) is 39.1 Å². The minimum absolute atomic E-state index is 0.147. The number of hydrogen-bond donors (Lipinski definition) is 1. The highest BCUT2D eigenvalue weighted by Gasteiger charge is 2.28. The van der Waals surface area contributed by atoms with Crippen LogP contribution in [0, 0.1) is 11.3 Å². The molecule has 1 saturated heterocycles. The third-order valence-electron chi connectivity index (χ3n) is 2.23. The van der Waals surface area contributed by atoms with Crippen LogP contribution < -0.4 is 5.32 Å². The van der Waals surface area contributed by atoms with E-state index >= 15 is 0 Å². The van der Waals surface area contributed by atoms with Gasteiger partial charge in [-0.15, -0.1) is 0 Å². The summed E-state index contributed by atoms with van der Waals surface area (Å²) in [4.78, 5) is 2.21. The molecule has 0 bridgehead atoms. The maximum Gasteiger partial charge on any atom is 0.0871 e. The molecule has 0 spiro atoms. The molecule has 1 aliphatic heterocycles. The summed E-state index contributed by atoms with van der Waals surface area (Å²) in [6.07, 6.45) is 0. The summed E-state index contributed by atoms with van der Waals surface area (Å²) in [6.45, 7) is 7.85. The van der Waals surface area contributed by atoms with E-state index in [1.165, 1.54) is 0 Å². The van der Waals surface area contributed by atoms with Crippen LogP contribution in [0.15, 0.2) is 0 Å². The number of nitriles is 1. The Balaban J connectivity index is 2.54. The molecule has 0 aromatic heterocycles. The zero-order valence-corrected chi connectivity index (χ0v) is 7.22. The fraction of sp³-hybridized carbons (Fsp3) is 0.875. The normalized spacial score (nSPS) is 24.5. The summed E-state index contributed by atoms with van der Waals surface area (Å²) in [7, 11) is 0. The van der Waals surface area contributed by atoms with Gasteiger partial charge in [-0.05, 0) is 13.8 Å². The third-order valence-corrected chi connectivity index (χ3v) is 2.23. The quantitative estimate of drug-likeness (QED) is 0.547. The minimum Gasteiger partial charge on any atom is -0.314 e. The van der Waals surface area contributed by atoms with Gasteiger partial charge in [0.25, 0.3) is 0 Å². The zero-order chi connectivity index (χ0) is 8.32. The van der Waals surface area contributed by atoms with Crippen molar-refractivity contribution in [2.75, 3.05) is 26.2 Å². The van der Waals surface area contributed by atoms with Crippen molar-refractivity contribution in [2.24, 2.45) is 0 Å². The van der Waals surface area contributed by atoms with Crippen LogP contribution in [0.1, 0.15) is 13.8 Å². The fourth-order valence-corrected chi connectivity index (χ4v) is 1.40. The average molecular weight is 153 g/mol. The molecule has 3 nitrogen and oxygen atoms in total. The van der Waals surface area contributed by atoms with Crippen LogP contribution in [0.5, 0.6) is 0 Å². The molecule has 0 amide bonds. The second-order valence-electron chi connectivity index (χ2n) is 3.57. The van der Waals surface area contributed by atoms with E-state index in [0.29, 0.717) is 6.54 Å². The van der Waals surface area contributed by atoms with Crippen molar-refractivity contribution in [1.29, 1.82) is 5.26 Å². The molecule has 62 valence electrons. The Hall–Kier alpha value is -0.590. The van der Waals surface area contributed by atoms with Crippen molar-refractivity contribution in [1.82, 2.24) is 10.2 Å². The van der Waals surface area contributed by atoms with Crippen LogP contribution in [0.2, 0.25) is 0 Å². The van der Waals surface area contributed by atoms with E-state index in [-0.39, 0.29) is 5.54 Å². The molecule has 0 aliphatic carbocycles. The highest BCUT2D eigenvalue weighted by molar-refractivity contribution is 4.92. The average Bonchev–Trinajstić information content (AvgIpc) is 1.94. The summed E-state index contributed by atoms with van der Waals surface area (Å²) in [5, 5.41) is 11.9. The first-order valence-electron chi connectivity index (χ1n) is 3.99. The van der Waals surface area contributed by atoms with Gasteiger partial charge < -0.3 is 5.32 Å². The van der Waals surface area contributed by atoms with Crippen LogP contribution >= 0.6 is 0 Å². The van der Waals surface area contributed by atoms with E-state index in [1.54, 1.807) is 0 Å². The van der Waals surface area contributed by atoms with Gasteiger partial charge in [-0.3, -0.25) is 4.90 Å². The molecular weight excluding hydrogens is 138 g/mol. The largest absolute Gasteiger partial charge is 0.314 e. The van der Waals surface area contributed by atoms with Gasteiger partial charge >= 0.3 is 0 Å². The van der Waals surface area contributed by atoms with Gasteiger partial charge in [-0.25, -0.2) is 0 Å². The summed E-state index contributed by atoms with van der Waals surface area (Å²) in [5.74, 6) is 0. The van der Waals surface area contributed by atoms with Crippen LogP contribution in [0.3, 0.4) is 0 Å². The van der Waals surface area contributed by atoms with E-state index in [4.69, 9.17) is 5.26 Å². The molecule has 1 fully saturated rings. The SMILES string of the molecule is CC1(C)CNCCN1CC#N. The van der Waals surface area contributed by atoms with Crippen molar-refractivity contribution in [3.8, 4) is 6.07 Å². The first-order chi connectivity index (χ1) is 5.17. The minimum atomic E-state index is 0.147. The van der Waals surface area contributed by atoms with E-state index in [1.807, 2.05) is 0 Å². The van der Waals surface area contributed by atoms with Crippen LogP contribution in [-0.4, -0.2) is 36.6 Å². The fourth-order valence-electron chi connectivity index (χ4n) is 1.40. The first-order valence-corrected chi connectivity index (χ1v) is 3.99. The van der Waals surface area contributed by atoms with Gasteiger partial charge in [0.2, 0.25) is 0 Å². The third kappa shape index (κ3) is 1.92. The lowest BCUT2D eigenvalue weighted by Gasteiger charge is -2.41. The van der Waals surface area contributed by atoms with E-state index < -0.39 is 0 Å². The first kappa shape index (κ1) is 8.51. The molecule has 0 atom stereocenters. The number of rotatable bonds is 1. The molecular formula is C8H15N3. The standard InChI is InChI=1S/C8H15N3/c1-8(2)7-10-4-6-11(8)5-3-9/h10H,4-7H2,1-2H3. The summed E-state index contributed by atoms with van der Waals surface area (Å²) in [6, 6.07) is 2.19.